The molecular formula is C22H26N2O3S. The molecule has 6 heteroatoms. The lowest BCUT2D eigenvalue weighted by Crippen LogP contribution is -2.53. The van der Waals surface area contributed by atoms with Crippen molar-refractivity contribution in [2.45, 2.75) is 57.6 Å². The first-order valence-electron chi connectivity index (χ1n) is 9.84. The highest BCUT2D eigenvalue weighted by Gasteiger charge is 2.65. The van der Waals surface area contributed by atoms with E-state index in [4.69, 9.17) is 21.7 Å². The lowest BCUT2D eigenvalue weighted by Gasteiger charge is -2.48. The zero-order valence-electron chi connectivity index (χ0n) is 16.7. The van der Waals surface area contributed by atoms with E-state index in [1.807, 2.05) is 6.07 Å². The normalized spacial score (nSPS) is 30.9. The molecule has 2 aliphatic carbocycles. The van der Waals surface area contributed by atoms with Gasteiger partial charge < -0.3 is 9.47 Å². The van der Waals surface area contributed by atoms with Gasteiger partial charge in [-0.25, -0.2) is 9.79 Å². The summed E-state index contributed by atoms with van der Waals surface area (Å²) < 4.78 is 11.2. The summed E-state index contributed by atoms with van der Waals surface area (Å²) in [6.07, 6.45) is 4.25. The van der Waals surface area contributed by atoms with Crippen LogP contribution >= 0.6 is 12.2 Å². The summed E-state index contributed by atoms with van der Waals surface area (Å²) in [6.45, 7) is 4.20. The number of methoxy groups -OCH3 is 1. The number of hydrogen-bond donors (Lipinski definition) is 0. The quantitative estimate of drug-likeness (QED) is 0.422. The van der Waals surface area contributed by atoms with Gasteiger partial charge in [0.15, 0.2) is 5.54 Å². The molecule has 0 aromatic heterocycles. The first-order chi connectivity index (χ1) is 13.5. The smallest absolute Gasteiger partial charge is 0.340 e. The van der Waals surface area contributed by atoms with Gasteiger partial charge in [0.1, 0.15) is 0 Å². The number of carbonyl (C=O) groups excluding carboxylic acids is 1. The minimum atomic E-state index is -1.25. The maximum atomic E-state index is 13.4. The third-order valence-electron chi connectivity index (χ3n) is 6.62. The van der Waals surface area contributed by atoms with Crippen LogP contribution in [0.15, 0.2) is 23.2 Å². The van der Waals surface area contributed by atoms with E-state index in [1.54, 1.807) is 26.2 Å². The van der Waals surface area contributed by atoms with E-state index in [9.17, 15) is 10.1 Å². The van der Waals surface area contributed by atoms with Crippen LogP contribution in [0.3, 0.4) is 0 Å². The monoisotopic (exact) mass is 398 g/mol. The van der Waals surface area contributed by atoms with E-state index < -0.39 is 16.9 Å². The molecule has 3 rings (SSSR count). The van der Waals surface area contributed by atoms with Crippen molar-refractivity contribution < 1.29 is 14.3 Å². The van der Waals surface area contributed by atoms with E-state index in [-0.39, 0.29) is 12.7 Å². The van der Waals surface area contributed by atoms with Gasteiger partial charge >= 0.3 is 5.97 Å². The Morgan fingerprint density at radius 2 is 2.21 bits per heavy atom. The number of nitrogens with zero attached hydrogens (tertiary/aromatic N) is 2. The van der Waals surface area contributed by atoms with Crippen molar-refractivity contribution in [2.24, 2.45) is 16.3 Å². The van der Waals surface area contributed by atoms with Crippen molar-refractivity contribution in [3.05, 3.63) is 34.9 Å². The number of isothiocyanates is 1. The lowest BCUT2D eigenvalue weighted by molar-refractivity contribution is -0.159. The van der Waals surface area contributed by atoms with Crippen molar-refractivity contribution in [3.8, 4) is 6.07 Å². The summed E-state index contributed by atoms with van der Waals surface area (Å²) in [5.74, 6) is -0.0791. The second-order valence-corrected chi connectivity index (χ2v) is 7.94. The van der Waals surface area contributed by atoms with Gasteiger partial charge in [0.25, 0.3) is 0 Å². The van der Waals surface area contributed by atoms with E-state index in [0.29, 0.717) is 17.9 Å². The Hall–Kier alpha value is -2.06. The molecule has 5 nitrogen and oxygen atoms in total. The Balaban J connectivity index is 2.23. The summed E-state index contributed by atoms with van der Waals surface area (Å²) >= 11 is 5.00. The molecule has 0 amide bonds. The van der Waals surface area contributed by atoms with Gasteiger partial charge in [-0.15, -0.1) is 0 Å². The predicted octanol–water partition coefficient (Wildman–Crippen LogP) is 4.19. The van der Waals surface area contributed by atoms with Crippen LogP contribution in [0.5, 0.6) is 0 Å². The molecule has 28 heavy (non-hydrogen) atoms. The summed E-state index contributed by atoms with van der Waals surface area (Å²) in [7, 11) is 1.75. The fourth-order valence-corrected chi connectivity index (χ4v) is 5.50. The van der Waals surface area contributed by atoms with Gasteiger partial charge in [0.2, 0.25) is 0 Å². The van der Waals surface area contributed by atoms with E-state index >= 15 is 0 Å². The van der Waals surface area contributed by atoms with Crippen LogP contribution in [-0.2, 0) is 26.2 Å². The van der Waals surface area contributed by atoms with Gasteiger partial charge in [-0.05, 0) is 74.0 Å². The largest absolute Gasteiger partial charge is 0.464 e. The van der Waals surface area contributed by atoms with Gasteiger partial charge in [0, 0.05) is 12.5 Å². The number of benzene rings is 1. The number of rotatable bonds is 5. The van der Waals surface area contributed by atoms with E-state index in [0.717, 1.165) is 36.8 Å². The van der Waals surface area contributed by atoms with Gasteiger partial charge in [0.05, 0.1) is 29.5 Å². The second-order valence-electron chi connectivity index (χ2n) is 7.76. The molecule has 0 radical (unpaired) electrons. The molecule has 0 unspecified atom stereocenters. The molecule has 1 aromatic rings. The first-order valence-corrected chi connectivity index (χ1v) is 10.2. The maximum absolute atomic E-state index is 13.4. The molecular weight excluding hydrogens is 372 g/mol. The molecule has 0 aliphatic heterocycles. The Morgan fingerprint density at radius 1 is 1.43 bits per heavy atom. The van der Waals surface area contributed by atoms with Crippen molar-refractivity contribution in [2.75, 3.05) is 13.7 Å². The van der Waals surface area contributed by atoms with Gasteiger partial charge in [-0.3, -0.25) is 0 Å². The number of fused-ring (bicyclic) bond motifs is 1. The second kappa shape index (κ2) is 8.13. The first kappa shape index (κ1) is 20.7. The molecule has 0 N–H and O–H groups in total. The third kappa shape index (κ3) is 2.99. The molecule has 1 saturated carbocycles. The van der Waals surface area contributed by atoms with Crippen molar-refractivity contribution in [3.63, 3.8) is 0 Å². The highest BCUT2D eigenvalue weighted by molar-refractivity contribution is 7.78. The average molecular weight is 399 g/mol. The van der Waals surface area contributed by atoms with Crippen LogP contribution in [0.2, 0.25) is 0 Å². The number of esters is 1. The standard InChI is InChI=1S/C22H26N2O3S/c1-4-16-11-21(9-8-19(16)26-3)12-17-7-6-15(13-23)10-18(17)22(21,24-14-28)20(25)27-5-2/h6-7,10,16,19H,4-5,8-9,11-12H2,1-3H3/t16-,19-,21-,22-/m1/s1. The Bertz CT molecular complexity index is 858. The summed E-state index contributed by atoms with van der Waals surface area (Å²) in [5, 5.41) is 11.9. The van der Waals surface area contributed by atoms with Crippen molar-refractivity contribution >= 4 is 23.3 Å². The van der Waals surface area contributed by atoms with Crippen molar-refractivity contribution in [1.82, 2.24) is 0 Å². The minimum Gasteiger partial charge on any atom is -0.464 e. The zero-order valence-corrected chi connectivity index (χ0v) is 17.5. The van der Waals surface area contributed by atoms with Crippen LogP contribution in [-0.4, -0.2) is 31.0 Å². The molecule has 0 bridgehead atoms. The maximum Gasteiger partial charge on any atom is 0.340 e. The van der Waals surface area contributed by atoms with Crippen LogP contribution in [0.4, 0.5) is 0 Å². The van der Waals surface area contributed by atoms with Gasteiger partial charge in [-0.1, -0.05) is 19.4 Å². The third-order valence-corrected chi connectivity index (χ3v) is 6.71. The molecule has 1 fully saturated rings. The SMILES string of the molecule is CCOC(=O)[C@]1(N=C=S)c2cc(C#N)ccc2C[C@]12CC[C@@H](OC)[C@H](CC)C2. The van der Waals surface area contributed by atoms with E-state index in [1.165, 1.54) is 0 Å². The highest BCUT2D eigenvalue weighted by atomic mass is 32.1. The molecule has 148 valence electrons. The Labute approximate surface area is 171 Å². The number of carbonyl (C=O) groups is 1. The Kier molecular flexibility index (Phi) is 6.00. The zero-order chi connectivity index (χ0) is 20.4. The van der Waals surface area contributed by atoms with Crippen LogP contribution in [0.25, 0.3) is 0 Å². The average Bonchev–Trinajstić information content (AvgIpc) is 2.97. The summed E-state index contributed by atoms with van der Waals surface area (Å²) in [6, 6.07) is 7.69. The van der Waals surface area contributed by atoms with Crippen LogP contribution in [0.1, 0.15) is 56.2 Å². The lowest BCUT2D eigenvalue weighted by atomic mass is 9.58. The fourth-order valence-electron chi connectivity index (χ4n) is 5.37. The molecule has 1 spiro atoms. The fraction of sp³-hybridized carbons (Fsp3) is 0.591. The number of nitriles is 1. The van der Waals surface area contributed by atoms with E-state index in [2.05, 4.69) is 23.1 Å². The highest BCUT2D eigenvalue weighted by Crippen LogP contribution is 2.61. The molecule has 0 heterocycles. The minimum absolute atomic E-state index is 0.172. The predicted molar refractivity (Wildman–Crippen MR) is 109 cm³/mol. The molecule has 0 saturated heterocycles. The molecule has 4 atom stereocenters. The number of ether oxygens (including phenoxy) is 2. The number of thiocarbonyl (C=S) groups is 1. The van der Waals surface area contributed by atoms with Crippen LogP contribution < -0.4 is 0 Å². The summed E-state index contributed by atoms with van der Waals surface area (Å²) in [5.41, 5.74) is 0.581. The van der Waals surface area contributed by atoms with Crippen molar-refractivity contribution in [1.29, 1.82) is 5.26 Å². The number of hydrogen-bond acceptors (Lipinski definition) is 6. The number of aliphatic imine (C=N–C) groups is 1. The molecule has 1 aromatic carbocycles. The Morgan fingerprint density at radius 3 is 2.82 bits per heavy atom. The topological polar surface area (TPSA) is 71.7 Å². The molecule has 2 aliphatic rings. The summed E-state index contributed by atoms with van der Waals surface area (Å²) in [4.78, 5) is 17.9. The van der Waals surface area contributed by atoms with Gasteiger partial charge in [-0.2, -0.15) is 5.26 Å². The van der Waals surface area contributed by atoms with Crippen LogP contribution in [0, 0.1) is 22.7 Å².